The first-order valence-corrected chi connectivity index (χ1v) is 12.2. The predicted octanol–water partition coefficient (Wildman–Crippen LogP) is 2.80. The summed E-state index contributed by atoms with van der Waals surface area (Å²) in [5.41, 5.74) is 2.23. The number of hydrogen-bond donors (Lipinski definition) is 3. The van der Waals surface area contributed by atoms with Crippen molar-refractivity contribution in [2.75, 3.05) is 32.9 Å². The lowest BCUT2D eigenvalue weighted by Gasteiger charge is -2.25. The molecule has 1 atom stereocenters. The molecule has 0 fully saturated rings. The van der Waals surface area contributed by atoms with Crippen molar-refractivity contribution in [3.63, 3.8) is 0 Å². The van der Waals surface area contributed by atoms with E-state index in [2.05, 4.69) is 63.5 Å². The predicted molar refractivity (Wildman–Crippen MR) is 144 cm³/mol. The Morgan fingerprint density at radius 3 is 2.12 bits per heavy atom. The van der Waals surface area contributed by atoms with E-state index in [9.17, 15) is 8.42 Å². The number of aliphatic imine (C=N–C) groups is 1. The molecule has 0 radical (unpaired) electrons. The highest BCUT2D eigenvalue weighted by Crippen LogP contribution is 2.07. The Labute approximate surface area is 210 Å². The molecule has 7 nitrogen and oxygen atoms in total. The van der Waals surface area contributed by atoms with Crippen molar-refractivity contribution >= 4 is 40.0 Å². The normalized spacial score (nSPS) is 12.8. The van der Waals surface area contributed by atoms with Crippen molar-refractivity contribution in [2.24, 2.45) is 4.99 Å². The van der Waals surface area contributed by atoms with E-state index >= 15 is 0 Å². The lowest BCUT2D eigenvalue weighted by molar-refractivity contribution is 0.238. The maximum Gasteiger partial charge on any atom is 0.213 e. The number of nitrogens with one attached hydrogen (secondary N) is 3. The third-order valence-electron chi connectivity index (χ3n) is 5.11. The van der Waals surface area contributed by atoms with Gasteiger partial charge in [0.2, 0.25) is 10.0 Å². The van der Waals surface area contributed by atoms with Gasteiger partial charge in [-0.25, -0.2) is 13.1 Å². The SMILES string of the molecule is CN=C(NCCC(C)N(C)Cc1ccccc1)NCCS(=O)(=O)NCc1ccccc1.I. The lowest BCUT2D eigenvalue weighted by atomic mass is 10.1. The van der Waals surface area contributed by atoms with Crippen LogP contribution in [0.15, 0.2) is 65.7 Å². The quantitative estimate of drug-likeness (QED) is 0.207. The first kappa shape index (κ1) is 28.3. The second-order valence-electron chi connectivity index (χ2n) is 7.59. The summed E-state index contributed by atoms with van der Waals surface area (Å²) in [5.74, 6) is 0.590. The standard InChI is InChI=1S/C23H35N5O2S.HI/c1-20(28(3)19-22-12-8-5-9-13-22)14-15-25-23(24-2)26-16-17-31(29,30)27-18-21-10-6-4-7-11-21;/h4-13,20,27H,14-19H2,1-3H3,(H2,24,25,26);1H. The lowest BCUT2D eigenvalue weighted by Crippen LogP contribution is -2.42. The number of rotatable bonds is 12. The highest BCUT2D eigenvalue weighted by molar-refractivity contribution is 14.0. The summed E-state index contributed by atoms with van der Waals surface area (Å²) < 4.78 is 27.0. The summed E-state index contributed by atoms with van der Waals surface area (Å²) in [5, 5.41) is 6.33. The molecular weight excluding hydrogens is 537 g/mol. The van der Waals surface area contributed by atoms with Gasteiger partial charge in [-0.2, -0.15) is 0 Å². The molecule has 178 valence electrons. The molecule has 0 aliphatic heterocycles. The van der Waals surface area contributed by atoms with E-state index in [-0.39, 0.29) is 36.3 Å². The third-order valence-corrected chi connectivity index (χ3v) is 6.43. The van der Waals surface area contributed by atoms with Crippen molar-refractivity contribution in [2.45, 2.75) is 32.5 Å². The Morgan fingerprint density at radius 1 is 0.969 bits per heavy atom. The summed E-state index contributed by atoms with van der Waals surface area (Å²) in [7, 11) is 0.445. The average Bonchev–Trinajstić information content (AvgIpc) is 2.78. The van der Waals surface area contributed by atoms with E-state index < -0.39 is 10.0 Å². The van der Waals surface area contributed by atoms with Crippen molar-refractivity contribution in [3.05, 3.63) is 71.8 Å². The molecule has 2 aromatic carbocycles. The van der Waals surface area contributed by atoms with E-state index in [1.165, 1.54) is 5.56 Å². The molecule has 0 amide bonds. The Hall–Kier alpha value is -1.69. The summed E-state index contributed by atoms with van der Waals surface area (Å²) >= 11 is 0. The molecule has 0 saturated carbocycles. The Morgan fingerprint density at radius 2 is 1.53 bits per heavy atom. The van der Waals surface area contributed by atoms with Crippen LogP contribution >= 0.6 is 24.0 Å². The van der Waals surface area contributed by atoms with Crippen LogP contribution in [0.3, 0.4) is 0 Å². The number of nitrogens with zero attached hydrogens (tertiary/aromatic N) is 2. The molecule has 0 aromatic heterocycles. The van der Waals surface area contributed by atoms with Crippen LogP contribution in [0.2, 0.25) is 0 Å². The minimum absolute atomic E-state index is 0. The van der Waals surface area contributed by atoms with Gasteiger partial charge in [0, 0.05) is 39.3 Å². The Balaban J connectivity index is 0.00000512. The van der Waals surface area contributed by atoms with Crippen LogP contribution in [-0.4, -0.2) is 58.3 Å². The molecule has 0 aliphatic carbocycles. The topological polar surface area (TPSA) is 85.8 Å². The first-order valence-electron chi connectivity index (χ1n) is 10.6. The van der Waals surface area contributed by atoms with E-state index in [1.807, 2.05) is 36.4 Å². The molecule has 0 spiro atoms. The molecule has 1 unspecified atom stereocenters. The van der Waals surface area contributed by atoms with Crippen molar-refractivity contribution in [3.8, 4) is 0 Å². The largest absolute Gasteiger partial charge is 0.356 e. The monoisotopic (exact) mass is 573 g/mol. The molecule has 0 saturated heterocycles. The minimum Gasteiger partial charge on any atom is -0.356 e. The highest BCUT2D eigenvalue weighted by Gasteiger charge is 2.12. The van der Waals surface area contributed by atoms with Crippen molar-refractivity contribution in [1.29, 1.82) is 0 Å². The molecule has 2 rings (SSSR count). The van der Waals surface area contributed by atoms with Gasteiger partial charge in [0.25, 0.3) is 0 Å². The van der Waals surface area contributed by atoms with Crippen LogP contribution in [0.4, 0.5) is 0 Å². The van der Waals surface area contributed by atoms with Gasteiger partial charge >= 0.3 is 0 Å². The van der Waals surface area contributed by atoms with Crippen LogP contribution in [0, 0.1) is 0 Å². The van der Waals surface area contributed by atoms with Crippen molar-refractivity contribution < 1.29 is 8.42 Å². The Bertz CT molecular complexity index is 895. The van der Waals surface area contributed by atoms with E-state index in [1.54, 1.807) is 7.05 Å². The number of guanidine groups is 1. The molecule has 32 heavy (non-hydrogen) atoms. The fourth-order valence-electron chi connectivity index (χ4n) is 3.03. The van der Waals surface area contributed by atoms with Crippen LogP contribution in [0.1, 0.15) is 24.5 Å². The number of benzene rings is 2. The van der Waals surface area contributed by atoms with Gasteiger partial charge < -0.3 is 10.6 Å². The minimum atomic E-state index is -3.36. The average molecular weight is 574 g/mol. The maximum absolute atomic E-state index is 12.2. The fourth-order valence-corrected chi connectivity index (χ4v) is 3.93. The number of sulfonamides is 1. The van der Waals surface area contributed by atoms with Gasteiger partial charge in [-0.1, -0.05) is 60.7 Å². The summed E-state index contributed by atoms with van der Waals surface area (Å²) in [4.78, 5) is 6.49. The van der Waals surface area contributed by atoms with E-state index in [4.69, 9.17) is 0 Å². The molecule has 9 heteroatoms. The van der Waals surface area contributed by atoms with Crippen molar-refractivity contribution in [1.82, 2.24) is 20.3 Å². The third kappa shape index (κ3) is 11.3. The van der Waals surface area contributed by atoms with Gasteiger partial charge in [0.15, 0.2) is 5.96 Å². The first-order chi connectivity index (χ1) is 14.9. The number of halogens is 1. The van der Waals surface area contributed by atoms with Gasteiger partial charge in [-0.05, 0) is 31.5 Å². The zero-order valence-corrected chi connectivity index (χ0v) is 22.3. The van der Waals surface area contributed by atoms with E-state index in [0.717, 1.165) is 25.1 Å². The highest BCUT2D eigenvalue weighted by atomic mass is 127. The zero-order chi connectivity index (χ0) is 22.5. The summed E-state index contributed by atoms with van der Waals surface area (Å²) in [6.45, 7) is 4.44. The molecular formula is C23H36IN5O2S. The van der Waals surface area contributed by atoms with Gasteiger partial charge in [-0.15, -0.1) is 24.0 Å². The van der Waals surface area contributed by atoms with Crippen LogP contribution < -0.4 is 15.4 Å². The molecule has 0 aliphatic rings. The smallest absolute Gasteiger partial charge is 0.213 e. The summed E-state index contributed by atoms with van der Waals surface area (Å²) in [6.07, 6.45) is 0.945. The molecule has 0 heterocycles. The fraction of sp³-hybridized carbons (Fsp3) is 0.435. The van der Waals surface area contributed by atoms with Gasteiger partial charge in [-0.3, -0.25) is 9.89 Å². The number of hydrogen-bond acceptors (Lipinski definition) is 4. The van der Waals surface area contributed by atoms with Gasteiger partial charge in [0.05, 0.1) is 5.75 Å². The second kappa shape index (κ2) is 15.2. The molecule has 3 N–H and O–H groups in total. The van der Waals surface area contributed by atoms with Gasteiger partial charge in [0.1, 0.15) is 0 Å². The van der Waals surface area contributed by atoms with Crippen LogP contribution in [0.25, 0.3) is 0 Å². The Kier molecular flexibility index (Phi) is 13.5. The van der Waals surface area contributed by atoms with Crippen LogP contribution in [-0.2, 0) is 23.1 Å². The molecule has 2 aromatic rings. The van der Waals surface area contributed by atoms with Crippen LogP contribution in [0.5, 0.6) is 0 Å². The summed E-state index contributed by atoms with van der Waals surface area (Å²) in [6, 6.07) is 20.3. The molecule has 0 bridgehead atoms. The second-order valence-corrected chi connectivity index (χ2v) is 9.52. The maximum atomic E-state index is 12.2. The van der Waals surface area contributed by atoms with E-state index in [0.29, 0.717) is 18.5 Å². The zero-order valence-electron chi connectivity index (χ0n) is 19.1.